The zero-order chi connectivity index (χ0) is 15.2. The van der Waals surface area contributed by atoms with Crippen LogP contribution in [0.15, 0.2) is 18.6 Å². The first-order chi connectivity index (χ1) is 10.1. The van der Waals surface area contributed by atoms with Crippen molar-refractivity contribution in [2.45, 2.75) is 13.8 Å². The number of nitrogens with zero attached hydrogens (tertiary/aromatic N) is 4. The Bertz CT molecular complexity index is 484. The standard InChI is InChI=1S/C14H20N4O3/c1-11(2)10-21-14(20)18-7-5-17(6-8-18)13(19)12-9-15-3-4-16-12/h3-4,9,11H,5-8,10H2,1-2H3. The molecule has 0 saturated carbocycles. The Hall–Kier alpha value is -2.18. The van der Waals surface area contributed by atoms with Crippen molar-refractivity contribution in [1.82, 2.24) is 19.8 Å². The van der Waals surface area contributed by atoms with Crippen LogP contribution in [0.4, 0.5) is 4.79 Å². The van der Waals surface area contributed by atoms with E-state index in [0.29, 0.717) is 44.4 Å². The number of amides is 2. The van der Waals surface area contributed by atoms with E-state index in [1.807, 2.05) is 13.8 Å². The van der Waals surface area contributed by atoms with Crippen molar-refractivity contribution in [1.29, 1.82) is 0 Å². The molecule has 0 N–H and O–H groups in total. The molecular weight excluding hydrogens is 272 g/mol. The summed E-state index contributed by atoms with van der Waals surface area (Å²) < 4.78 is 5.18. The molecule has 114 valence electrons. The molecule has 0 radical (unpaired) electrons. The maximum Gasteiger partial charge on any atom is 0.409 e. The zero-order valence-electron chi connectivity index (χ0n) is 12.4. The van der Waals surface area contributed by atoms with Crippen molar-refractivity contribution in [2.24, 2.45) is 5.92 Å². The van der Waals surface area contributed by atoms with Crippen LogP contribution in [0.3, 0.4) is 0 Å². The van der Waals surface area contributed by atoms with Crippen molar-refractivity contribution in [3.8, 4) is 0 Å². The average molecular weight is 292 g/mol. The van der Waals surface area contributed by atoms with Gasteiger partial charge in [-0.25, -0.2) is 9.78 Å². The van der Waals surface area contributed by atoms with Crippen molar-refractivity contribution < 1.29 is 14.3 Å². The summed E-state index contributed by atoms with van der Waals surface area (Å²) in [7, 11) is 0. The molecule has 2 heterocycles. The summed E-state index contributed by atoms with van der Waals surface area (Å²) in [5, 5.41) is 0. The second kappa shape index (κ2) is 7.01. The number of ether oxygens (including phenoxy) is 1. The molecule has 0 aliphatic carbocycles. The van der Waals surface area contributed by atoms with Crippen LogP contribution in [-0.2, 0) is 4.74 Å². The summed E-state index contributed by atoms with van der Waals surface area (Å²) in [6.45, 7) is 6.30. The number of carbonyl (C=O) groups excluding carboxylic acids is 2. The van der Waals surface area contributed by atoms with Crippen LogP contribution in [0, 0.1) is 5.92 Å². The highest BCUT2D eigenvalue weighted by atomic mass is 16.6. The lowest BCUT2D eigenvalue weighted by Crippen LogP contribution is -2.51. The smallest absolute Gasteiger partial charge is 0.409 e. The third kappa shape index (κ3) is 4.14. The van der Waals surface area contributed by atoms with E-state index in [-0.39, 0.29) is 12.0 Å². The fraction of sp³-hybridized carbons (Fsp3) is 0.571. The SMILES string of the molecule is CC(C)COC(=O)N1CCN(C(=O)c2cnccn2)CC1. The number of piperazine rings is 1. The van der Waals surface area contributed by atoms with Crippen LogP contribution in [0.2, 0.25) is 0 Å². The van der Waals surface area contributed by atoms with E-state index < -0.39 is 0 Å². The highest BCUT2D eigenvalue weighted by Gasteiger charge is 2.26. The molecule has 1 aromatic heterocycles. The summed E-state index contributed by atoms with van der Waals surface area (Å²) in [6, 6.07) is 0. The van der Waals surface area contributed by atoms with Crippen LogP contribution in [0.1, 0.15) is 24.3 Å². The van der Waals surface area contributed by atoms with Gasteiger partial charge in [-0.1, -0.05) is 13.8 Å². The molecule has 1 saturated heterocycles. The second-order valence-electron chi connectivity index (χ2n) is 5.34. The third-order valence-corrected chi connectivity index (χ3v) is 3.15. The lowest BCUT2D eigenvalue weighted by Gasteiger charge is -2.34. The van der Waals surface area contributed by atoms with Gasteiger partial charge < -0.3 is 14.5 Å². The van der Waals surface area contributed by atoms with Crippen LogP contribution < -0.4 is 0 Å². The van der Waals surface area contributed by atoms with Gasteiger partial charge in [0.05, 0.1) is 12.8 Å². The maximum atomic E-state index is 12.2. The molecule has 21 heavy (non-hydrogen) atoms. The highest BCUT2D eigenvalue weighted by molar-refractivity contribution is 5.92. The molecule has 1 aliphatic rings. The van der Waals surface area contributed by atoms with Gasteiger partial charge in [0.2, 0.25) is 0 Å². The maximum absolute atomic E-state index is 12.2. The van der Waals surface area contributed by atoms with Crippen molar-refractivity contribution in [3.63, 3.8) is 0 Å². The molecule has 2 rings (SSSR count). The molecular formula is C14H20N4O3. The summed E-state index contributed by atoms with van der Waals surface area (Å²) in [5.41, 5.74) is 0.327. The van der Waals surface area contributed by atoms with Crippen molar-refractivity contribution >= 4 is 12.0 Å². The molecule has 1 aliphatic heterocycles. The Kier molecular flexibility index (Phi) is 5.08. The van der Waals surface area contributed by atoms with Gasteiger partial charge in [-0.15, -0.1) is 0 Å². The number of hydrogen-bond donors (Lipinski definition) is 0. The molecule has 1 fully saturated rings. The fourth-order valence-electron chi connectivity index (χ4n) is 1.99. The molecule has 0 aromatic carbocycles. The lowest BCUT2D eigenvalue weighted by molar-refractivity contribution is 0.0531. The van der Waals surface area contributed by atoms with E-state index in [2.05, 4.69) is 9.97 Å². The summed E-state index contributed by atoms with van der Waals surface area (Å²) in [4.78, 5) is 35.2. The van der Waals surface area contributed by atoms with Gasteiger partial charge in [0.15, 0.2) is 0 Å². The van der Waals surface area contributed by atoms with Crippen LogP contribution in [0.5, 0.6) is 0 Å². The largest absolute Gasteiger partial charge is 0.449 e. The molecule has 7 nitrogen and oxygen atoms in total. The zero-order valence-corrected chi connectivity index (χ0v) is 12.4. The predicted octanol–water partition coefficient (Wildman–Crippen LogP) is 1.03. The molecule has 7 heteroatoms. The lowest BCUT2D eigenvalue weighted by atomic mass is 10.2. The van der Waals surface area contributed by atoms with Gasteiger partial charge in [-0.3, -0.25) is 9.78 Å². The molecule has 2 amide bonds. The number of carbonyl (C=O) groups is 2. The third-order valence-electron chi connectivity index (χ3n) is 3.15. The Labute approximate surface area is 123 Å². The van der Waals surface area contributed by atoms with Crippen molar-refractivity contribution in [3.05, 3.63) is 24.3 Å². The van der Waals surface area contributed by atoms with Gasteiger partial charge in [0.25, 0.3) is 5.91 Å². The average Bonchev–Trinajstić information content (AvgIpc) is 2.53. The highest BCUT2D eigenvalue weighted by Crippen LogP contribution is 2.08. The summed E-state index contributed by atoms with van der Waals surface area (Å²) >= 11 is 0. The first-order valence-electron chi connectivity index (χ1n) is 7.05. The second-order valence-corrected chi connectivity index (χ2v) is 5.34. The Morgan fingerprint density at radius 3 is 2.43 bits per heavy atom. The quantitative estimate of drug-likeness (QED) is 0.831. The Morgan fingerprint density at radius 2 is 1.86 bits per heavy atom. The summed E-state index contributed by atoms with van der Waals surface area (Å²) in [6.07, 6.45) is 4.16. The van der Waals surface area contributed by atoms with Gasteiger partial charge in [0, 0.05) is 38.6 Å². The van der Waals surface area contributed by atoms with Gasteiger partial charge >= 0.3 is 6.09 Å². The van der Waals surface area contributed by atoms with Gasteiger partial charge in [0.1, 0.15) is 5.69 Å². The monoisotopic (exact) mass is 292 g/mol. The van der Waals surface area contributed by atoms with E-state index in [0.717, 1.165) is 0 Å². The van der Waals surface area contributed by atoms with E-state index in [1.54, 1.807) is 9.80 Å². The topological polar surface area (TPSA) is 75.6 Å². The van der Waals surface area contributed by atoms with Crippen LogP contribution in [-0.4, -0.2) is 64.6 Å². The van der Waals surface area contributed by atoms with Gasteiger partial charge in [-0.05, 0) is 5.92 Å². The minimum Gasteiger partial charge on any atom is -0.449 e. The first-order valence-corrected chi connectivity index (χ1v) is 7.05. The van der Waals surface area contributed by atoms with Crippen LogP contribution >= 0.6 is 0 Å². The Morgan fingerprint density at radius 1 is 1.19 bits per heavy atom. The molecule has 0 bridgehead atoms. The minimum absolute atomic E-state index is 0.154. The van der Waals surface area contributed by atoms with Crippen LogP contribution in [0.25, 0.3) is 0 Å². The van der Waals surface area contributed by atoms with Crippen molar-refractivity contribution in [2.75, 3.05) is 32.8 Å². The minimum atomic E-state index is -0.310. The normalized spacial score (nSPS) is 15.2. The van der Waals surface area contributed by atoms with E-state index in [1.165, 1.54) is 18.6 Å². The Balaban J connectivity index is 1.83. The molecule has 0 atom stereocenters. The number of rotatable bonds is 3. The number of hydrogen-bond acceptors (Lipinski definition) is 5. The van der Waals surface area contributed by atoms with E-state index >= 15 is 0 Å². The summed E-state index contributed by atoms with van der Waals surface area (Å²) in [5.74, 6) is 0.159. The van der Waals surface area contributed by atoms with E-state index in [9.17, 15) is 9.59 Å². The predicted molar refractivity (Wildman–Crippen MR) is 75.7 cm³/mol. The molecule has 0 spiro atoms. The fourth-order valence-corrected chi connectivity index (χ4v) is 1.99. The number of aromatic nitrogens is 2. The molecule has 0 unspecified atom stereocenters. The molecule has 1 aromatic rings. The van der Waals surface area contributed by atoms with Gasteiger partial charge in [-0.2, -0.15) is 0 Å². The first kappa shape index (κ1) is 15.2. The van der Waals surface area contributed by atoms with E-state index in [4.69, 9.17) is 4.74 Å².